The number of aromatic nitrogens is 3. The molecular formula is C21H18N4O. The smallest absolute Gasteiger partial charge is 0.253 e. The molecule has 2 aromatic heterocycles. The standard InChI is InChI=1S/C21H18N4O/c1-14-7-9-15(10-8-14)24-12-3-6-18(24)20-23-17-5-2-4-16-19(17)25(20)13-11-22-21(16)26/h2-10,12H,11,13H2,1H3,(H,22,26). The van der Waals surface area contributed by atoms with Crippen LogP contribution in [0.4, 0.5) is 0 Å². The molecule has 0 aliphatic carbocycles. The quantitative estimate of drug-likeness (QED) is 0.606. The van der Waals surface area contributed by atoms with Gasteiger partial charge in [0.15, 0.2) is 5.82 Å². The van der Waals surface area contributed by atoms with Crippen molar-refractivity contribution < 1.29 is 4.79 Å². The summed E-state index contributed by atoms with van der Waals surface area (Å²) in [6.45, 7) is 3.38. The van der Waals surface area contributed by atoms with Crippen molar-refractivity contribution in [1.82, 2.24) is 19.4 Å². The molecule has 5 heteroatoms. The number of para-hydroxylation sites is 1. The summed E-state index contributed by atoms with van der Waals surface area (Å²) in [5.41, 5.74) is 5.80. The van der Waals surface area contributed by atoms with Crippen molar-refractivity contribution in [2.75, 3.05) is 6.54 Å². The van der Waals surface area contributed by atoms with E-state index >= 15 is 0 Å². The van der Waals surface area contributed by atoms with E-state index in [0.29, 0.717) is 18.7 Å². The van der Waals surface area contributed by atoms with Crippen LogP contribution in [0.5, 0.6) is 0 Å². The van der Waals surface area contributed by atoms with Gasteiger partial charge in [-0.2, -0.15) is 0 Å². The van der Waals surface area contributed by atoms with E-state index < -0.39 is 0 Å². The molecule has 0 saturated heterocycles. The van der Waals surface area contributed by atoms with Crippen LogP contribution in [0.3, 0.4) is 0 Å². The van der Waals surface area contributed by atoms with E-state index in [2.05, 4.69) is 51.7 Å². The molecule has 0 bridgehead atoms. The highest BCUT2D eigenvalue weighted by atomic mass is 16.1. The van der Waals surface area contributed by atoms with Crippen LogP contribution in [-0.4, -0.2) is 26.6 Å². The van der Waals surface area contributed by atoms with Gasteiger partial charge in [0.1, 0.15) is 0 Å². The van der Waals surface area contributed by atoms with Gasteiger partial charge in [0, 0.05) is 25.0 Å². The van der Waals surface area contributed by atoms with Crippen molar-refractivity contribution in [3.05, 3.63) is 71.9 Å². The number of carbonyl (C=O) groups excluding carboxylic acids is 1. The number of carbonyl (C=O) groups is 1. The number of amides is 1. The molecule has 128 valence electrons. The van der Waals surface area contributed by atoms with Crippen LogP contribution < -0.4 is 5.32 Å². The van der Waals surface area contributed by atoms with E-state index in [4.69, 9.17) is 4.98 Å². The summed E-state index contributed by atoms with van der Waals surface area (Å²) in [6, 6.07) is 18.3. The van der Waals surface area contributed by atoms with Crippen LogP contribution in [0.25, 0.3) is 28.2 Å². The molecule has 5 nitrogen and oxygen atoms in total. The largest absolute Gasteiger partial charge is 0.350 e. The molecule has 4 aromatic rings. The number of benzene rings is 2. The second-order valence-electron chi connectivity index (χ2n) is 6.62. The van der Waals surface area contributed by atoms with Crippen LogP contribution >= 0.6 is 0 Å². The highest BCUT2D eigenvalue weighted by Gasteiger charge is 2.23. The normalized spacial score (nSPS) is 13.7. The van der Waals surface area contributed by atoms with Gasteiger partial charge in [0.2, 0.25) is 0 Å². The van der Waals surface area contributed by atoms with E-state index in [9.17, 15) is 4.79 Å². The van der Waals surface area contributed by atoms with E-state index in [1.54, 1.807) is 0 Å². The highest BCUT2D eigenvalue weighted by molar-refractivity contribution is 6.06. The number of hydrogen-bond acceptors (Lipinski definition) is 2. The fourth-order valence-corrected chi connectivity index (χ4v) is 3.65. The fourth-order valence-electron chi connectivity index (χ4n) is 3.65. The Morgan fingerprint density at radius 2 is 1.88 bits per heavy atom. The Labute approximate surface area is 150 Å². The summed E-state index contributed by atoms with van der Waals surface area (Å²) in [6.07, 6.45) is 2.05. The molecule has 3 heterocycles. The molecule has 26 heavy (non-hydrogen) atoms. The summed E-state index contributed by atoms with van der Waals surface area (Å²) in [5, 5.41) is 2.97. The SMILES string of the molecule is Cc1ccc(-n2cccc2-c2nc3cccc4c3n2CCNC4=O)cc1. The molecule has 1 N–H and O–H groups in total. The summed E-state index contributed by atoms with van der Waals surface area (Å²) >= 11 is 0. The Morgan fingerprint density at radius 1 is 1.04 bits per heavy atom. The summed E-state index contributed by atoms with van der Waals surface area (Å²) in [5.74, 6) is 0.851. The van der Waals surface area contributed by atoms with Crippen LogP contribution in [0, 0.1) is 6.92 Å². The van der Waals surface area contributed by atoms with Gasteiger partial charge in [0.05, 0.1) is 22.3 Å². The lowest BCUT2D eigenvalue weighted by Gasteiger charge is -2.11. The summed E-state index contributed by atoms with van der Waals surface area (Å²) < 4.78 is 4.30. The zero-order chi connectivity index (χ0) is 17.7. The maximum absolute atomic E-state index is 12.4. The Bertz CT molecular complexity index is 1130. The third kappa shape index (κ3) is 2.17. The fraction of sp³-hybridized carbons (Fsp3) is 0.143. The second kappa shape index (κ2) is 5.59. The minimum absolute atomic E-state index is 0.0327. The molecule has 5 rings (SSSR count). The molecular weight excluding hydrogens is 324 g/mol. The third-order valence-corrected chi connectivity index (χ3v) is 4.92. The number of aryl methyl sites for hydroxylation is 1. The topological polar surface area (TPSA) is 51.9 Å². The molecule has 0 unspecified atom stereocenters. The molecule has 1 aliphatic heterocycles. The van der Waals surface area contributed by atoms with E-state index in [1.165, 1.54) is 5.56 Å². The second-order valence-corrected chi connectivity index (χ2v) is 6.62. The van der Waals surface area contributed by atoms with Crippen molar-refractivity contribution >= 4 is 16.9 Å². The Kier molecular flexibility index (Phi) is 3.22. The lowest BCUT2D eigenvalue weighted by atomic mass is 10.2. The summed E-state index contributed by atoms with van der Waals surface area (Å²) in [4.78, 5) is 17.2. The summed E-state index contributed by atoms with van der Waals surface area (Å²) in [7, 11) is 0. The zero-order valence-corrected chi connectivity index (χ0v) is 14.4. The minimum Gasteiger partial charge on any atom is -0.350 e. The maximum Gasteiger partial charge on any atom is 0.253 e. The lowest BCUT2D eigenvalue weighted by Crippen LogP contribution is -2.24. The molecule has 0 fully saturated rings. The molecule has 1 aliphatic rings. The average Bonchev–Trinajstić information content (AvgIpc) is 3.22. The van der Waals surface area contributed by atoms with Crippen molar-refractivity contribution in [2.45, 2.75) is 13.5 Å². The molecule has 0 spiro atoms. The first kappa shape index (κ1) is 15.0. The monoisotopic (exact) mass is 342 g/mol. The van der Waals surface area contributed by atoms with Crippen LogP contribution in [0.1, 0.15) is 15.9 Å². The Balaban J connectivity index is 1.75. The van der Waals surface area contributed by atoms with E-state index in [1.807, 2.05) is 30.5 Å². The number of rotatable bonds is 2. The average molecular weight is 342 g/mol. The van der Waals surface area contributed by atoms with Gasteiger partial charge in [-0.05, 0) is 43.3 Å². The van der Waals surface area contributed by atoms with Gasteiger partial charge in [-0.25, -0.2) is 4.98 Å². The molecule has 2 aromatic carbocycles. The van der Waals surface area contributed by atoms with E-state index in [0.717, 1.165) is 28.2 Å². The van der Waals surface area contributed by atoms with Gasteiger partial charge >= 0.3 is 0 Å². The predicted octanol–water partition coefficient (Wildman–Crippen LogP) is 3.55. The number of nitrogens with zero attached hydrogens (tertiary/aromatic N) is 3. The molecule has 0 saturated carbocycles. The minimum atomic E-state index is -0.0327. The van der Waals surface area contributed by atoms with Crippen LogP contribution in [0.2, 0.25) is 0 Å². The van der Waals surface area contributed by atoms with Crippen LogP contribution in [-0.2, 0) is 6.54 Å². The molecule has 1 amide bonds. The van der Waals surface area contributed by atoms with Crippen molar-refractivity contribution in [3.63, 3.8) is 0 Å². The maximum atomic E-state index is 12.4. The first-order chi connectivity index (χ1) is 12.7. The first-order valence-electron chi connectivity index (χ1n) is 8.74. The first-order valence-corrected chi connectivity index (χ1v) is 8.74. The predicted molar refractivity (Wildman–Crippen MR) is 102 cm³/mol. The lowest BCUT2D eigenvalue weighted by molar-refractivity contribution is 0.0956. The van der Waals surface area contributed by atoms with Crippen molar-refractivity contribution in [1.29, 1.82) is 0 Å². The Hall–Kier alpha value is -3.34. The van der Waals surface area contributed by atoms with Crippen molar-refractivity contribution in [2.24, 2.45) is 0 Å². The number of hydrogen-bond donors (Lipinski definition) is 1. The van der Waals surface area contributed by atoms with Crippen molar-refractivity contribution in [3.8, 4) is 17.2 Å². The zero-order valence-electron chi connectivity index (χ0n) is 14.4. The van der Waals surface area contributed by atoms with Gasteiger partial charge < -0.3 is 14.5 Å². The molecule has 0 radical (unpaired) electrons. The number of nitrogens with one attached hydrogen (secondary N) is 1. The van der Waals surface area contributed by atoms with Gasteiger partial charge in [-0.15, -0.1) is 0 Å². The van der Waals surface area contributed by atoms with Gasteiger partial charge in [0.25, 0.3) is 5.91 Å². The highest BCUT2D eigenvalue weighted by Crippen LogP contribution is 2.30. The van der Waals surface area contributed by atoms with Crippen LogP contribution in [0.15, 0.2) is 60.8 Å². The number of imidazole rings is 1. The van der Waals surface area contributed by atoms with Gasteiger partial charge in [-0.3, -0.25) is 4.79 Å². The Morgan fingerprint density at radius 3 is 2.73 bits per heavy atom. The van der Waals surface area contributed by atoms with E-state index in [-0.39, 0.29) is 5.91 Å². The van der Waals surface area contributed by atoms with Gasteiger partial charge in [-0.1, -0.05) is 23.8 Å². The molecule has 0 atom stereocenters. The third-order valence-electron chi connectivity index (χ3n) is 4.92.